The summed E-state index contributed by atoms with van der Waals surface area (Å²) in [4.78, 5) is 0.581. The summed E-state index contributed by atoms with van der Waals surface area (Å²) in [6, 6.07) is 2.37. The molecular formula is C15H10F6S2. The predicted molar refractivity (Wildman–Crippen MR) is 79.8 cm³/mol. The number of allylic oxidation sites excluding steroid dienone is 2. The van der Waals surface area contributed by atoms with E-state index in [-0.39, 0.29) is 11.1 Å². The Morgan fingerprint density at radius 3 is 1.30 bits per heavy atom. The van der Waals surface area contributed by atoms with E-state index in [1.54, 1.807) is 0 Å². The molecule has 3 rings (SSSR count). The zero-order valence-corrected chi connectivity index (χ0v) is 13.5. The SMILES string of the molecule is Cc1sccc1C1=C(c2ccsc2C)C(F)(F)C(F)(F)C1(F)F. The number of hydrogen-bond acceptors (Lipinski definition) is 2. The van der Waals surface area contributed by atoms with Crippen molar-refractivity contribution in [1.82, 2.24) is 0 Å². The van der Waals surface area contributed by atoms with Gasteiger partial charge in [0.15, 0.2) is 0 Å². The van der Waals surface area contributed by atoms with Gasteiger partial charge in [0.2, 0.25) is 0 Å². The van der Waals surface area contributed by atoms with Crippen molar-refractivity contribution < 1.29 is 26.3 Å². The van der Waals surface area contributed by atoms with Crippen LogP contribution in [0.1, 0.15) is 20.9 Å². The van der Waals surface area contributed by atoms with Crippen LogP contribution >= 0.6 is 22.7 Å². The molecule has 0 saturated heterocycles. The minimum atomic E-state index is -5.48. The number of alkyl halides is 6. The van der Waals surface area contributed by atoms with Gasteiger partial charge in [0.05, 0.1) is 0 Å². The maximum absolute atomic E-state index is 14.3. The lowest BCUT2D eigenvalue weighted by Crippen LogP contribution is -2.48. The Hall–Kier alpha value is -1.28. The van der Waals surface area contributed by atoms with Crippen LogP contribution in [0.15, 0.2) is 22.9 Å². The van der Waals surface area contributed by atoms with Gasteiger partial charge in [-0.15, -0.1) is 22.7 Å². The Kier molecular flexibility index (Phi) is 3.50. The van der Waals surface area contributed by atoms with Crippen molar-refractivity contribution in [3.8, 4) is 0 Å². The average molecular weight is 368 g/mol. The minimum Gasteiger partial charge on any atom is -0.194 e. The summed E-state index contributed by atoms with van der Waals surface area (Å²) in [6.07, 6.45) is 0. The van der Waals surface area contributed by atoms with E-state index >= 15 is 0 Å². The van der Waals surface area contributed by atoms with Crippen molar-refractivity contribution >= 4 is 33.8 Å². The van der Waals surface area contributed by atoms with Crippen molar-refractivity contribution in [3.05, 3.63) is 43.8 Å². The summed E-state index contributed by atoms with van der Waals surface area (Å²) in [5.74, 6) is -15.4. The first-order chi connectivity index (χ1) is 10.5. The Morgan fingerprint density at radius 2 is 1.04 bits per heavy atom. The van der Waals surface area contributed by atoms with E-state index in [0.29, 0.717) is 9.75 Å². The van der Waals surface area contributed by atoms with Gasteiger partial charge >= 0.3 is 17.8 Å². The zero-order valence-electron chi connectivity index (χ0n) is 11.9. The van der Waals surface area contributed by atoms with Gasteiger partial charge in [-0.3, -0.25) is 0 Å². The molecule has 0 fully saturated rings. The monoisotopic (exact) mass is 368 g/mol. The van der Waals surface area contributed by atoms with Crippen LogP contribution in [0, 0.1) is 13.8 Å². The molecule has 124 valence electrons. The van der Waals surface area contributed by atoms with Crippen LogP contribution < -0.4 is 0 Å². The average Bonchev–Trinajstić information content (AvgIpc) is 3.05. The molecule has 0 saturated carbocycles. The molecule has 0 spiro atoms. The van der Waals surface area contributed by atoms with Gasteiger partial charge in [0, 0.05) is 20.9 Å². The lowest BCUT2D eigenvalue weighted by atomic mass is 9.96. The normalized spacial score (nSPS) is 21.9. The van der Waals surface area contributed by atoms with Gasteiger partial charge < -0.3 is 0 Å². The van der Waals surface area contributed by atoms with Crippen molar-refractivity contribution in [2.45, 2.75) is 31.6 Å². The molecule has 0 bridgehead atoms. The van der Waals surface area contributed by atoms with Gasteiger partial charge in [0.1, 0.15) is 0 Å². The van der Waals surface area contributed by atoms with Gasteiger partial charge in [0.25, 0.3) is 0 Å². The van der Waals surface area contributed by atoms with Crippen molar-refractivity contribution in [1.29, 1.82) is 0 Å². The van der Waals surface area contributed by atoms with E-state index in [1.807, 2.05) is 0 Å². The fourth-order valence-corrected chi connectivity index (χ4v) is 4.13. The Balaban J connectivity index is 2.44. The molecule has 1 aliphatic rings. The molecular weight excluding hydrogens is 358 g/mol. The molecule has 0 amide bonds. The molecule has 0 atom stereocenters. The van der Waals surface area contributed by atoms with E-state index < -0.39 is 28.9 Å². The molecule has 0 unspecified atom stereocenters. The molecule has 0 nitrogen and oxygen atoms in total. The van der Waals surface area contributed by atoms with Crippen LogP contribution in [0.25, 0.3) is 11.1 Å². The fourth-order valence-electron chi connectivity index (χ4n) is 2.72. The third kappa shape index (κ3) is 1.97. The minimum absolute atomic E-state index is 0.252. The van der Waals surface area contributed by atoms with Crippen molar-refractivity contribution in [3.63, 3.8) is 0 Å². The molecule has 2 heterocycles. The predicted octanol–water partition coefficient (Wildman–Crippen LogP) is 6.26. The Labute approximate surface area is 136 Å². The molecule has 2 aromatic heterocycles. The van der Waals surface area contributed by atoms with Gasteiger partial charge in [-0.25, -0.2) is 0 Å². The summed E-state index contributed by atoms with van der Waals surface area (Å²) >= 11 is 2.08. The summed E-state index contributed by atoms with van der Waals surface area (Å²) in [7, 11) is 0. The number of thiophene rings is 2. The first kappa shape index (κ1) is 16.6. The standard InChI is InChI=1S/C15H10F6S2/c1-7-9(3-5-22-7)11-12(10-4-6-23-8(10)2)14(18,19)15(20,21)13(11,16)17/h3-6H,1-2H3. The summed E-state index contributed by atoms with van der Waals surface area (Å²) < 4.78 is 85.1. The van der Waals surface area contributed by atoms with Crippen molar-refractivity contribution in [2.75, 3.05) is 0 Å². The Bertz CT molecular complexity index is 732. The molecule has 0 aliphatic heterocycles. The smallest absolute Gasteiger partial charge is 0.194 e. The third-order valence-electron chi connectivity index (χ3n) is 3.92. The lowest BCUT2D eigenvalue weighted by molar-refractivity contribution is -0.254. The molecule has 1 aliphatic carbocycles. The summed E-state index contributed by atoms with van der Waals surface area (Å²) in [6.45, 7) is 2.88. The quantitative estimate of drug-likeness (QED) is 0.549. The Morgan fingerprint density at radius 1 is 0.696 bits per heavy atom. The number of aryl methyl sites for hydroxylation is 2. The molecule has 23 heavy (non-hydrogen) atoms. The fraction of sp³-hybridized carbons (Fsp3) is 0.333. The van der Waals surface area contributed by atoms with E-state index in [2.05, 4.69) is 0 Å². The highest BCUT2D eigenvalue weighted by atomic mass is 32.1. The molecule has 8 heteroatoms. The summed E-state index contributed by atoms with van der Waals surface area (Å²) in [5, 5.41) is 2.83. The van der Waals surface area contributed by atoms with Crippen LogP contribution in [-0.2, 0) is 0 Å². The zero-order chi connectivity index (χ0) is 17.2. The molecule has 2 aromatic rings. The second-order valence-corrected chi connectivity index (χ2v) is 7.49. The highest BCUT2D eigenvalue weighted by molar-refractivity contribution is 7.10. The van der Waals surface area contributed by atoms with Gasteiger partial charge in [-0.2, -0.15) is 26.3 Å². The first-order valence-corrected chi connectivity index (χ1v) is 8.27. The van der Waals surface area contributed by atoms with E-state index in [4.69, 9.17) is 0 Å². The number of hydrogen-bond donors (Lipinski definition) is 0. The second-order valence-electron chi connectivity index (χ2n) is 5.25. The van der Waals surface area contributed by atoms with Gasteiger partial charge in [-0.05, 0) is 47.9 Å². The van der Waals surface area contributed by atoms with E-state index in [0.717, 1.165) is 22.7 Å². The number of rotatable bonds is 2. The van der Waals surface area contributed by atoms with Crippen LogP contribution in [0.3, 0.4) is 0 Å². The van der Waals surface area contributed by atoms with Crippen LogP contribution in [-0.4, -0.2) is 17.8 Å². The second kappa shape index (κ2) is 4.86. The van der Waals surface area contributed by atoms with E-state index in [1.165, 1.54) is 36.7 Å². The maximum atomic E-state index is 14.3. The largest absolute Gasteiger partial charge is 0.380 e. The van der Waals surface area contributed by atoms with Crippen LogP contribution in [0.5, 0.6) is 0 Å². The molecule has 0 N–H and O–H groups in total. The van der Waals surface area contributed by atoms with Gasteiger partial charge in [-0.1, -0.05) is 0 Å². The topological polar surface area (TPSA) is 0 Å². The lowest BCUT2D eigenvalue weighted by Gasteiger charge is -2.25. The molecule has 0 radical (unpaired) electrons. The third-order valence-corrected chi connectivity index (χ3v) is 5.61. The maximum Gasteiger partial charge on any atom is 0.380 e. The highest BCUT2D eigenvalue weighted by Gasteiger charge is 2.80. The van der Waals surface area contributed by atoms with Crippen LogP contribution in [0.4, 0.5) is 26.3 Å². The van der Waals surface area contributed by atoms with Crippen LogP contribution in [0.2, 0.25) is 0 Å². The number of halogens is 6. The first-order valence-electron chi connectivity index (χ1n) is 6.51. The van der Waals surface area contributed by atoms with Crippen molar-refractivity contribution in [2.24, 2.45) is 0 Å². The molecule has 0 aromatic carbocycles. The highest BCUT2D eigenvalue weighted by Crippen LogP contribution is 2.65. The summed E-state index contributed by atoms with van der Waals surface area (Å²) in [5.41, 5.74) is -3.05. The van der Waals surface area contributed by atoms with E-state index in [9.17, 15) is 26.3 Å².